The smallest absolute Gasteiger partial charge is 0.227 e. The van der Waals surface area contributed by atoms with Gasteiger partial charge in [-0.2, -0.15) is 5.10 Å². The van der Waals surface area contributed by atoms with E-state index in [2.05, 4.69) is 41.2 Å². The summed E-state index contributed by atoms with van der Waals surface area (Å²) in [6, 6.07) is 9.06. The molecule has 0 radical (unpaired) electrons. The lowest BCUT2D eigenvalue weighted by molar-refractivity contribution is 0.147. The standard InChI is InChI=1S/C23H22BrFN6O/c1-30-14-17(13-27-30)15-8-19(11-20(9-15)32-6-5-31-3-2-4-31)28-23-26-12-16-7-18(24)10-21(25)22(16)29-23/h7-14H,2-6H2,1H3,(H,26,28,29). The molecule has 1 aliphatic heterocycles. The second-order valence-corrected chi connectivity index (χ2v) is 8.75. The molecule has 2 aromatic carbocycles. The third-order valence-electron chi connectivity index (χ3n) is 5.43. The molecule has 3 heterocycles. The number of hydrogen-bond donors (Lipinski definition) is 1. The van der Waals surface area contributed by atoms with E-state index in [-0.39, 0.29) is 5.52 Å². The van der Waals surface area contributed by atoms with Crippen molar-refractivity contribution in [3.05, 3.63) is 59.2 Å². The second-order valence-electron chi connectivity index (χ2n) is 7.84. The SMILES string of the molecule is Cn1cc(-c2cc(Nc3ncc4cc(Br)cc(F)c4n3)cc(OCCN3CCC3)c2)cn1. The Morgan fingerprint density at radius 2 is 2.00 bits per heavy atom. The monoisotopic (exact) mass is 496 g/mol. The Kier molecular flexibility index (Phi) is 5.75. The summed E-state index contributed by atoms with van der Waals surface area (Å²) in [6.45, 7) is 3.79. The number of hydrogen-bond acceptors (Lipinski definition) is 6. The molecule has 164 valence electrons. The molecule has 5 rings (SSSR count). The first kappa shape index (κ1) is 20.8. The highest BCUT2D eigenvalue weighted by molar-refractivity contribution is 9.10. The minimum absolute atomic E-state index is 0.264. The fraction of sp³-hybridized carbons (Fsp3) is 0.261. The van der Waals surface area contributed by atoms with Crippen LogP contribution in [0.5, 0.6) is 5.75 Å². The zero-order valence-corrected chi connectivity index (χ0v) is 19.1. The first-order valence-electron chi connectivity index (χ1n) is 10.4. The van der Waals surface area contributed by atoms with Crippen LogP contribution in [-0.4, -0.2) is 50.9 Å². The second kappa shape index (κ2) is 8.84. The van der Waals surface area contributed by atoms with E-state index in [1.807, 2.05) is 37.6 Å². The summed E-state index contributed by atoms with van der Waals surface area (Å²) in [4.78, 5) is 11.1. The van der Waals surface area contributed by atoms with E-state index in [1.54, 1.807) is 16.9 Å². The number of nitrogens with zero attached hydrogens (tertiary/aromatic N) is 5. The van der Waals surface area contributed by atoms with Gasteiger partial charge in [0.2, 0.25) is 5.95 Å². The van der Waals surface area contributed by atoms with Gasteiger partial charge in [-0.1, -0.05) is 15.9 Å². The van der Waals surface area contributed by atoms with Crippen LogP contribution in [0.1, 0.15) is 6.42 Å². The van der Waals surface area contributed by atoms with Crippen LogP contribution >= 0.6 is 15.9 Å². The minimum atomic E-state index is -0.404. The number of fused-ring (bicyclic) bond motifs is 1. The van der Waals surface area contributed by atoms with Gasteiger partial charge in [0.15, 0.2) is 5.82 Å². The first-order valence-corrected chi connectivity index (χ1v) is 11.2. The van der Waals surface area contributed by atoms with Gasteiger partial charge in [-0.3, -0.25) is 9.58 Å². The zero-order valence-electron chi connectivity index (χ0n) is 17.6. The fourth-order valence-electron chi connectivity index (χ4n) is 3.65. The first-order chi connectivity index (χ1) is 15.5. The van der Waals surface area contributed by atoms with Gasteiger partial charge in [-0.15, -0.1) is 0 Å². The molecule has 0 spiro atoms. The van der Waals surface area contributed by atoms with Crippen molar-refractivity contribution in [2.24, 2.45) is 7.05 Å². The summed E-state index contributed by atoms with van der Waals surface area (Å²) in [5, 5.41) is 8.09. The van der Waals surface area contributed by atoms with Crippen LogP contribution in [0, 0.1) is 5.82 Å². The van der Waals surface area contributed by atoms with E-state index in [9.17, 15) is 4.39 Å². The van der Waals surface area contributed by atoms with E-state index in [4.69, 9.17) is 4.74 Å². The summed E-state index contributed by atoms with van der Waals surface area (Å²) in [6.07, 6.45) is 6.62. The van der Waals surface area contributed by atoms with Crippen molar-refractivity contribution in [1.29, 1.82) is 0 Å². The van der Waals surface area contributed by atoms with E-state index in [0.717, 1.165) is 42.2 Å². The predicted octanol–water partition coefficient (Wildman–Crippen LogP) is 4.76. The highest BCUT2D eigenvalue weighted by Crippen LogP contribution is 2.30. The number of likely N-dealkylation sites (tertiary alicyclic amines) is 1. The molecule has 1 saturated heterocycles. The van der Waals surface area contributed by atoms with Gasteiger partial charge >= 0.3 is 0 Å². The van der Waals surface area contributed by atoms with Crippen LogP contribution in [0.2, 0.25) is 0 Å². The number of halogens is 2. The Bertz CT molecular complexity index is 1270. The normalized spacial score (nSPS) is 13.8. The average Bonchev–Trinajstić information content (AvgIpc) is 3.16. The molecule has 0 unspecified atom stereocenters. The van der Waals surface area contributed by atoms with Gasteiger partial charge in [0.1, 0.15) is 17.9 Å². The maximum Gasteiger partial charge on any atom is 0.227 e. The molecule has 0 bridgehead atoms. The zero-order chi connectivity index (χ0) is 22.1. The topological polar surface area (TPSA) is 68.1 Å². The third kappa shape index (κ3) is 4.58. The number of benzene rings is 2. The third-order valence-corrected chi connectivity index (χ3v) is 5.88. The number of aromatic nitrogens is 4. The van der Waals surface area contributed by atoms with Gasteiger partial charge in [0, 0.05) is 53.2 Å². The Morgan fingerprint density at radius 1 is 1.12 bits per heavy atom. The van der Waals surface area contributed by atoms with Crippen LogP contribution in [0.15, 0.2) is 53.4 Å². The van der Waals surface area contributed by atoms with Crippen molar-refractivity contribution >= 4 is 38.5 Å². The van der Waals surface area contributed by atoms with E-state index in [0.29, 0.717) is 22.4 Å². The van der Waals surface area contributed by atoms with Crippen LogP contribution in [0.25, 0.3) is 22.0 Å². The molecule has 0 aliphatic carbocycles. The lowest BCUT2D eigenvalue weighted by atomic mass is 10.1. The van der Waals surface area contributed by atoms with Crippen LogP contribution in [0.4, 0.5) is 16.0 Å². The molecule has 0 saturated carbocycles. The number of anilines is 2. The summed E-state index contributed by atoms with van der Waals surface area (Å²) in [7, 11) is 1.88. The Hall–Kier alpha value is -3.04. The van der Waals surface area contributed by atoms with E-state index >= 15 is 0 Å². The van der Waals surface area contributed by atoms with Gasteiger partial charge < -0.3 is 10.1 Å². The molecule has 32 heavy (non-hydrogen) atoms. The van der Waals surface area contributed by atoms with Crippen molar-refractivity contribution in [3.8, 4) is 16.9 Å². The van der Waals surface area contributed by atoms with Gasteiger partial charge in [0.25, 0.3) is 0 Å². The summed E-state index contributed by atoms with van der Waals surface area (Å²) in [5.74, 6) is 0.651. The van der Waals surface area contributed by atoms with Crippen LogP contribution < -0.4 is 10.1 Å². The molecule has 0 atom stereocenters. The van der Waals surface area contributed by atoms with Gasteiger partial charge in [-0.05, 0) is 49.3 Å². The molecule has 1 fully saturated rings. The number of aryl methyl sites for hydroxylation is 1. The Morgan fingerprint density at radius 3 is 2.75 bits per heavy atom. The number of rotatable bonds is 7. The Labute approximate surface area is 193 Å². The summed E-state index contributed by atoms with van der Waals surface area (Å²) >= 11 is 3.30. The molecule has 2 aromatic heterocycles. The highest BCUT2D eigenvalue weighted by Gasteiger charge is 2.14. The molecule has 1 N–H and O–H groups in total. The maximum atomic E-state index is 14.4. The van der Waals surface area contributed by atoms with E-state index < -0.39 is 5.82 Å². The fourth-order valence-corrected chi connectivity index (χ4v) is 4.09. The lowest BCUT2D eigenvalue weighted by Gasteiger charge is -2.30. The molecule has 4 aromatic rings. The molecule has 9 heteroatoms. The largest absolute Gasteiger partial charge is 0.492 e. The summed E-state index contributed by atoms with van der Waals surface area (Å²) in [5.41, 5.74) is 2.94. The van der Waals surface area contributed by atoms with Crippen LogP contribution in [0.3, 0.4) is 0 Å². The highest BCUT2D eigenvalue weighted by atomic mass is 79.9. The minimum Gasteiger partial charge on any atom is -0.492 e. The van der Waals surface area contributed by atoms with Crippen molar-refractivity contribution < 1.29 is 9.13 Å². The lowest BCUT2D eigenvalue weighted by Crippen LogP contribution is -2.39. The predicted molar refractivity (Wildman–Crippen MR) is 126 cm³/mol. The van der Waals surface area contributed by atoms with Crippen molar-refractivity contribution in [2.45, 2.75) is 6.42 Å². The van der Waals surface area contributed by atoms with Crippen molar-refractivity contribution in [3.63, 3.8) is 0 Å². The maximum absolute atomic E-state index is 14.4. The Balaban J connectivity index is 1.43. The van der Waals surface area contributed by atoms with Crippen molar-refractivity contribution in [1.82, 2.24) is 24.6 Å². The molecular weight excluding hydrogens is 475 g/mol. The molecular formula is C23H22BrFN6O. The van der Waals surface area contributed by atoms with E-state index in [1.165, 1.54) is 12.5 Å². The summed E-state index contributed by atoms with van der Waals surface area (Å²) < 4.78 is 22.8. The molecule has 7 nitrogen and oxygen atoms in total. The average molecular weight is 497 g/mol. The number of nitrogens with one attached hydrogen (secondary N) is 1. The molecule has 0 amide bonds. The molecule has 1 aliphatic rings. The van der Waals surface area contributed by atoms with Gasteiger partial charge in [0.05, 0.1) is 6.20 Å². The van der Waals surface area contributed by atoms with Gasteiger partial charge in [-0.25, -0.2) is 14.4 Å². The number of ether oxygens (including phenoxy) is 1. The van der Waals surface area contributed by atoms with Crippen LogP contribution in [-0.2, 0) is 7.05 Å². The van der Waals surface area contributed by atoms with Crippen molar-refractivity contribution in [2.75, 3.05) is 31.6 Å². The quantitative estimate of drug-likeness (QED) is 0.397.